The number of carboxylic acid groups (broad SMARTS) is 1. The molecule has 1 saturated heterocycles. The molecule has 1 aromatic rings. The van der Waals surface area contributed by atoms with Gasteiger partial charge < -0.3 is 20.1 Å². The second-order valence-electron chi connectivity index (χ2n) is 4.50. The normalized spacial score (nSPS) is 15.4. The zero-order chi connectivity index (χ0) is 15.4. The number of carbonyl (C=O) groups is 2. The van der Waals surface area contributed by atoms with Gasteiger partial charge in [-0.25, -0.2) is 9.59 Å². The summed E-state index contributed by atoms with van der Waals surface area (Å²) >= 11 is 12.0. The number of hydrogen-bond donors (Lipinski definition) is 2. The quantitative estimate of drug-likeness (QED) is 0.872. The van der Waals surface area contributed by atoms with Crippen LogP contribution >= 0.6 is 23.2 Å². The molecule has 0 unspecified atom stereocenters. The molecule has 1 aliphatic heterocycles. The lowest BCUT2D eigenvalue weighted by Crippen LogP contribution is -2.36. The molecule has 0 aliphatic carbocycles. The van der Waals surface area contributed by atoms with Crippen molar-refractivity contribution in [2.75, 3.05) is 31.6 Å². The van der Waals surface area contributed by atoms with E-state index in [2.05, 4.69) is 5.32 Å². The van der Waals surface area contributed by atoms with Crippen LogP contribution in [0.3, 0.4) is 0 Å². The lowest BCUT2D eigenvalue weighted by Gasteiger charge is -2.21. The predicted molar refractivity (Wildman–Crippen MR) is 79.4 cm³/mol. The van der Waals surface area contributed by atoms with E-state index in [1.54, 1.807) is 4.90 Å². The Hall–Kier alpha value is -1.50. The Kier molecular flexibility index (Phi) is 5.27. The fraction of sp³-hybridized carbons (Fsp3) is 0.385. The van der Waals surface area contributed by atoms with Crippen molar-refractivity contribution < 1.29 is 19.4 Å². The number of hydrogen-bond acceptors (Lipinski definition) is 3. The molecule has 0 spiro atoms. The van der Waals surface area contributed by atoms with Gasteiger partial charge in [-0.2, -0.15) is 0 Å². The third kappa shape index (κ3) is 4.00. The number of benzene rings is 1. The second kappa shape index (κ2) is 6.98. The van der Waals surface area contributed by atoms with E-state index in [9.17, 15) is 9.59 Å². The summed E-state index contributed by atoms with van der Waals surface area (Å²) in [6, 6.07) is 2.15. The van der Waals surface area contributed by atoms with E-state index in [0.29, 0.717) is 26.3 Å². The van der Waals surface area contributed by atoms with Crippen molar-refractivity contribution in [2.45, 2.75) is 6.42 Å². The summed E-state index contributed by atoms with van der Waals surface area (Å²) in [6.07, 6.45) is 0.757. The number of ether oxygens (including phenoxy) is 1. The molecule has 8 heteroatoms. The van der Waals surface area contributed by atoms with Crippen LogP contribution in [0.2, 0.25) is 10.0 Å². The van der Waals surface area contributed by atoms with Crippen molar-refractivity contribution >= 4 is 40.9 Å². The average Bonchev–Trinajstić information content (AvgIpc) is 2.71. The van der Waals surface area contributed by atoms with Crippen molar-refractivity contribution in [3.05, 3.63) is 27.7 Å². The maximum atomic E-state index is 12.2. The van der Waals surface area contributed by atoms with Crippen LogP contribution < -0.4 is 5.32 Å². The monoisotopic (exact) mass is 332 g/mol. The Labute approximate surface area is 131 Å². The SMILES string of the molecule is O=C(O)c1cc(Cl)c(NC(=O)N2CCCOCC2)c(Cl)c1. The van der Waals surface area contributed by atoms with E-state index in [1.165, 1.54) is 12.1 Å². The Morgan fingerprint density at radius 3 is 2.48 bits per heavy atom. The van der Waals surface area contributed by atoms with E-state index in [1.807, 2.05) is 0 Å². The fourth-order valence-electron chi connectivity index (χ4n) is 1.95. The molecule has 0 saturated carbocycles. The number of anilines is 1. The molecule has 0 bridgehead atoms. The first-order valence-electron chi connectivity index (χ1n) is 6.35. The number of halogens is 2. The summed E-state index contributed by atoms with van der Waals surface area (Å²) < 4.78 is 5.28. The smallest absolute Gasteiger partial charge is 0.335 e. The first kappa shape index (κ1) is 15.9. The van der Waals surface area contributed by atoms with E-state index in [0.717, 1.165) is 6.42 Å². The molecule has 2 N–H and O–H groups in total. The van der Waals surface area contributed by atoms with Crippen LogP contribution in [0.5, 0.6) is 0 Å². The largest absolute Gasteiger partial charge is 0.478 e. The topological polar surface area (TPSA) is 78.9 Å². The zero-order valence-corrected chi connectivity index (χ0v) is 12.6. The Morgan fingerprint density at radius 1 is 1.19 bits per heavy atom. The molecular formula is C13H14Cl2N2O4. The molecule has 6 nitrogen and oxygen atoms in total. The van der Waals surface area contributed by atoms with Gasteiger partial charge in [0, 0.05) is 19.7 Å². The number of aromatic carboxylic acids is 1. The van der Waals surface area contributed by atoms with Gasteiger partial charge in [-0.3, -0.25) is 0 Å². The number of rotatable bonds is 2. The third-order valence-electron chi connectivity index (χ3n) is 3.03. The maximum absolute atomic E-state index is 12.2. The average molecular weight is 333 g/mol. The summed E-state index contributed by atoms with van der Waals surface area (Å²) in [6.45, 7) is 2.16. The molecule has 2 rings (SSSR count). The highest BCUT2D eigenvalue weighted by Crippen LogP contribution is 2.32. The number of urea groups is 1. The number of carboxylic acids is 1. The Bertz CT molecular complexity index is 534. The standard InChI is InChI=1S/C13H14Cl2N2O4/c14-9-6-8(12(18)19)7-10(15)11(9)16-13(20)17-2-1-4-21-5-3-17/h6-7H,1-5H2,(H,16,20)(H,18,19). The molecule has 21 heavy (non-hydrogen) atoms. The summed E-state index contributed by atoms with van der Waals surface area (Å²) in [7, 11) is 0. The van der Waals surface area contributed by atoms with Gasteiger partial charge in [0.15, 0.2) is 0 Å². The van der Waals surface area contributed by atoms with Crippen LogP contribution in [-0.4, -0.2) is 48.3 Å². The summed E-state index contributed by atoms with van der Waals surface area (Å²) in [5.41, 5.74) is 0.171. The molecule has 0 radical (unpaired) electrons. The Morgan fingerprint density at radius 2 is 1.86 bits per heavy atom. The van der Waals surface area contributed by atoms with Crippen LogP contribution in [-0.2, 0) is 4.74 Å². The highest BCUT2D eigenvalue weighted by molar-refractivity contribution is 6.40. The van der Waals surface area contributed by atoms with Crippen LogP contribution in [0.1, 0.15) is 16.8 Å². The minimum absolute atomic E-state index is 0.0360. The molecule has 0 atom stereocenters. The van der Waals surface area contributed by atoms with Crippen molar-refractivity contribution in [3.63, 3.8) is 0 Å². The van der Waals surface area contributed by atoms with Crippen molar-refractivity contribution in [1.82, 2.24) is 4.90 Å². The van der Waals surface area contributed by atoms with Crippen LogP contribution in [0.25, 0.3) is 0 Å². The van der Waals surface area contributed by atoms with Crippen molar-refractivity contribution in [1.29, 1.82) is 0 Å². The van der Waals surface area contributed by atoms with E-state index >= 15 is 0 Å². The van der Waals surface area contributed by atoms with Crippen LogP contribution in [0.4, 0.5) is 10.5 Å². The van der Waals surface area contributed by atoms with Gasteiger partial charge in [0.1, 0.15) is 0 Å². The Balaban J connectivity index is 2.15. The highest BCUT2D eigenvalue weighted by Gasteiger charge is 2.19. The molecule has 0 aromatic heterocycles. The zero-order valence-electron chi connectivity index (χ0n) is 11.1. The van der Waals surface area contributed by atoms with Gasteiger partial charge in [0.05, 0.1) is 27.9 Å². The molecule has 1 aromatic carbocycles. The lowest BCUT2D eigenvalue weighted by molar-refractivity contribution is 0.0697. The van der Waals surface area contributed by atoms with Crippen molar-refractivity contribution in [3.8, 4) is 0 Å². The molecule has 114 valence electrons. The number of carbonyl (C=O) groups excluding carboxylic acids is 1. The number of amides is 2. The highest BCUT2D eigenvalue weighted by atomic mass is 35.5. The van der Waals surface area contributed by atoms with E-state index in [-0.39, 0.29) is 27.3 Å². The maximum Gasteiger partial charge on any atom is 0.335 e. The van der Waals surface area contributed by atoms with Gasteiger partial charge in [-0.15, -0.1) is 0 Å². The predicted octanol–water partition coefficient (Wildman–Crippen LogP) is 2.95. The van der Waals surface area contributed by atoms with Gasteiger partial charge in [0.25, 0.3) is 0 Å². The summed E-state index contributed by atoms with van der Waals surface area (Å²) in [4.78, 5) is 24.7. The molecule has 1 heterocycles. The van der Waals surface area contributed by atoms with E-state index < -0.39 is 5.97 Å². The van der Waals surface area contributed by atoms with Gasteiger partial charge in [0.2, 0.25) is 0 Å². The van der Waals surface area contributed by atoms with Crippen LogP contribution in [0, 0.1) is 0 Å². The molecule has 2 amide bonds. The summed E-state index contributed by atoms with van der Waals surface area (Å²) in [5.74, 6) is -1.14. The van der Waals surface area contributed by atoms with Crippen LogP contribution in [0.15, 0.2) is 12.1 Å². The lowest BCUT2D eigenvalue weighted by atomic mass is 10.2. The van der Waals surface area contributed by atoms with Gasteiger partial charge in [-0.05, 0) is 18.6 Å². The first-order valence-corrected chi connectivity index (χ1v) is 7.10. The third-order valence-corrected chi connectivity index (χ3v) is 3.63. The second-order valence-corrected chi connectivity index (χ2v) is 5.32. The minimum atomic E-state index is -1.14. The van der Waals surface area contributed by atoms with E-state index in [4.69, 9.17) is 33.0 Å². The first-order chi connectivity index (χ1) is 9.99. The minimum Gasteiger partial charge on any atom is -0.478 e. The fourth-order valence-corrected chi connectivity index (χ4v) is 2.53. The molecule has 1 fully saturated rings. The summed E-state index contributed by atoms with van der Waals surface area (Å²) in [5, 5.41) is 11.7. The molecule has 1 aliphatic rings. The molecular weight excluding hydrogens is 319 g/mol. The van der Waals surface area contributed by atoms with Gasteiger partial charge >= 0.3 is 12.0 Å². The number of nitrogens with one attached hydrogen (secondary N) is 1. The van der Waals surface area contributed by atoms with Gasteiger partial charge in [-0.1, -0.05) is 23.2 Å². The van der Waals surface area contributed by atoms with Crippen molar-refractivity contribution in [2.24, 2.45) is 0 Å². The number of nitrogens with zero attached hydrogens (tertiary/aromatic N) is 1.